The van der Waals surface area contributed by atoms with Gasteiger partial charge in [-0.2, -0.15) is 0 Å². The molecule has 0 saturated carbocycles. The number of benzene rings is 3. The van der Waals surface area contributed by atoms with Crippen LogP contribution in [-0.4, -0.2) is 36.3 Å². The topological polar surface area (TPSA) is 38.8 Å². The van der Waals surface area contributed by atoms with E-state index in [9.17, 15) is 4.79 Å². The van der Waals surface area contributed by atoms with Crippen LogP contribution in [0.1, 0.15) is 61.6 Å². The Hall–Kier alpha value is -3.53. The van der Waals surface area contributed by atoms with E-state index in [1.807, 2.05) is 4.90 Å². The van der Waals surface area contributed by atoms with E-state index in [4.69, 9.17) is 9.47 Å². The summed E-state index contributed by atoms with van der Waals surface area (Å²) >= 11 is 0. The van der Waals surface area contributed by atoms with Gasteiger partial charge in [0.25, 0.3) is 0 Å². The van der Waals surface area contributed by atoms with Crippen molar-refractivity contribution in [2.45, 2.75) is 57.0 Å². The van der Waals surface area contributed by atoms with E-state index < -0.39 is 0 Å². The molecule has 2 unspecified atom stereocenters. The summed E-state index contributed by atoms with van der Waals surface area (Å²) in [6.45, 7) is 3.30. The average molecular weight is 480 g/mol. The highest BCUT2D eigenvalue weighted by Crippen LogP contribution is 2.45. The van der Waals surface area contributed by atoms with Crippen molar-refractivity contribution in [3.8, 4) is 16.9 Å². The van der Waals surface area contributed by atoms with Crippen molar-refractivity contribution >= 4 is 11.7 Å². The monoisotopic (exact) mass is 479 g/mol. The molecule has 184 valence electrons. The molecule has 1 amide bonds. The molecule has 0 aromatic heterocycles. The zero-order valence-electron chi connectivity index (χ0n) is 20.9. The molecule has 4 nitrogen and oxygen atoms in total. The van der Waals surface area contributed by atoms with Crippen molar-refractivity contribution in [2.75, 3.05) is 13.2 Å². The largest absolute Gasteiger partial charge is 0.494 e. The van der Waals surface area contributed by atoms with E-state index in [0.29, 0.717) is 6.61 Å². The molecular formula is C32H33NO3. The van der Waals surface area contributed by atoms with Gasteiger partial charge in [0.2, 0.25) is 0 Å². The predicted molar refractivity (Wildman–Crippen MR) is 143 cm³/mol. The first-order valence-corrected chi connectivity index (χ1v) is 13.3. The fourth-order valence-corrected chi connectivity index (χ4v) is 6.10. The zero-order valence-corrected chi connectivity index (χ0v) is 20.9. The van der Waals surface area contributed by atoms with Crippen LogP contribution in [-0.2, 0) is 4.74 Å². The quantitative estimate of drug-likeness (QED) is 0.331. The maximum absolute atomic E-state index is 13.3. The van der Waals surface area contributed by atoms with E-state index in [0.717, 1.165) is 44.5 Å². The Morgan fingerprint density at radius 3 is 2.28 bits per heavy atom. The third kappa shape index (κ3) is 4.19. The average Bonchev–Trinajstić information content (AvgIpc) is 3.38. The lowest BCUT2D eigenvalue weighted by atomic mass is 9.95. The summed E-state index contributed by atoms with van der Waals surface area (Å²) in [7, 11) is 0. The van der Waals surface area contributed by atoms with Crippen molar-refractivity contribution in [1.82, 2.24) is 4.90 Å². The number of nitrogens with zero attached hydrogens (tertiary/aromatic N) is 1. The Labute approximate surface area is 213 Å². The van der Waals surface area contributed by atoms with Gasteiger partial charge in [-0.3, -0.25) is 4.90 Å². The second kappa shape index (κ2) is 9.85. The Morgan fingerprint density at radius 1 is 0.917 bits per heavy atom. The van der Waals surface area contributed by atoms with Crippen LogP contribution in [0.5, 0.6) is 5.75 Å². The molecule has 36 heavy (non-hydrogen) atoms. The molecule has 2 bridgehead atoms. The Bertz CT molecular complexity index is 1230. The predicted octanol–water partition coefficient (Wildman–Crippen LogP) is 7.43. The van der Waals surface area contributed by atoms with Crippen LogP contribution in [0.4, 0.5) is 4.79 Å². The third-order valence-corrected chi connectivity index (χ3v) is 7.93. The fourth-order valence-electron chi connectivity index (χ4n) is 6.10. The van der Waals surface area contributed by atoms with E-state index in [-0.39, 0.29) is 24.1 Å². The Morgan fingerprint density at radius 2 is 1.61 bits per heavy atom. The van der Waals surface area contributed by atoms with Crippen LogP contribution in [0, 0.1) is 0 Å². The van der Waals surface area contributed by atoms with E-state index in [1.54, 1.807) is 0 Å². The summed E-state index contributed by atoms with van der Waals surface area (Å²) in [6, 6.07) is 25.7. The number of amides is 1. The van der Waals surface area contributed by atoms with Gasteiger partial charge in [0.05, 0.1) is 12.6 Å². The first kappa shape index (κ1) is 22.9. The van der Waals surface area contributed by atoms with Crippen molar-refractivity contribution in [1.29, 1.82) is 0 Å². The summed E-state index contributed by atoms with van der Waals surface area (Å²) in [4.78, 5) is 15.3. The second-order valence-corrected chi connectivity index (χ2v) is 10.1. The van der Waals surface area contributed by atoms with Crippen molar-refractivity contribution in [3.05, 3.63) is 95.6 Å². The minimum absolute atomic E-state index is 0.0907. The number of hydrogen-bond acceptors (Lipinski definition) is 3. The molecule has 3 aliphatic rings. The highest BCUT2D eigenvalue weighted by molar-refractivity contribution is 5.79. The van der Waals surface area contributed by atoms with Crippen LogP contribution < -0.4 is 4.74 Å². The number of hydrogen-bond donors (Lipinski definition) is 0. The number of ether oxygens (including phenoxy) is 2. The second-order valence-electron chi connectivity index (χ2n) is 10.1. The van der Waals surface area contributed by atoms with Gasteiger partial charge >= 0.3 is 6.09 Å². The molecule has 4 heteroatoms. The van der Waals surface area contributed by atoms with Gasteiger partial charge in [0.15, 0.2) is 0 Å². The van der Waals surface area contributed by atoms with Crippen LogP contribution >= 0.6 is 0 Å². The van der Waals surface area contributed by atoms with Crippen molar-refractivity contribution in [2.24, 2.45) is 0 Å². The molecule has 0 spiro atoms. The fraction of sp³-hybridized carbons (Fsp3) is 0.344. The number of unbranched alkanes of at least 4 members (excludes halogenated alkanes) is 1. The molecule has 1 saturated heterocycles. The van der Waals surface area contributed by atoms with Gasteiger partial charge in [0, 0.05) is 12.0 Å². The van der Waals surface area contributed by atoms with E-state index >= 15 is 0 Å². The molecule has 3 aromatic carbocycles. The number of fused-ring (bicyclic) bond motifs is 5. The van der Waals surface area contributed by atoms with E-state index in [2.05, 4.69) is 85.8 Å². The first-order valence-electron chi connectivity index (χ1n) is 13.3. The Balaban J connectivity index is 1.13. The van der Waals surface area contributed by atoms with Crippen LogP contribution in [0.2, 0.25) is 0 Å². The van der Waals surface area contributed by atoms with E-state index in [1.165, 1.54) is 33.4 Å². The summed E-state index contributed by atoms with van der Waals surface area (Å²) in [5.41, 5.74) is 7.55. The Kier molecular flexibility index (Phi) is 6.27. The van der Waals surface area contributed by atoms with Gasteiger partial charge in [-0.15, -0.1) is 0 Å². The minimum Gasteiger partial charge on any atom is -0.494 e. The lowest BCUT2D eigenvalue weighted by Crippen LogP contribution is -2.43. The van der Waals surface area contributed by atoms with Gasteiger partial charge in [-0.1, -0.05) is 80.1 Å². The number of carbonyl (C=O) groups is 1. The molecule has 1 aliphatic carbocycles. The standard InChI is InChI=1S/C32H33NO3/c1-2-3-18-35-26-16-12-22(13-17-26)23-19-24-14-15-25(20-23)33(24)32(34)36-21-31-29-10-6-4-8-27(29)28-9-5-7-11-30(28)31/h4-13,16-17,19,24-25,31H,2-3,14-15,18,20-21H2,1H3. The summed E-state index contributed by atoms with van der Waals surface area (Å²) in [5.74, 6) is 1.01. The molecule has 0 N–H and O–H groups in total. The van der Waals surface area contributed by atoms with Gasteiger partial charge in [-0.25, -0.2) is 4.79 Å². The van der Waals surface area contributed by atoms with Crippen LogP contribution in [0.25, 0.3) is 16.7 Å². The molecule has 2 atom stereocenters. The normalized spacial score (nSPS) is 20.0. The highest BCUT2D eigenvalue weighted by Gasteiger charge is 2.41. The zero-order chi connectivity index (χ0) is 24.5. The summed E-state index contributed by atoms with van der Waals surface area (Å²) in [6.07, 6.45) is 7.19. The number of carbonyl (C=O) groups excluding carboxylic acids is 1. The molecule has 3 aromatic rings. The lowest BCUT2D eigenvalue weighted by Gasteiger charge is -2.33. The summed E-state index contributed by atoms with van der Waals surface area (Å²) in [5, 5.41) is 0. The third-order valence-electron chi connectivity index (χ3n) is 7.93. The van der Waals surface area contributed by atoms with Gasteiger partial charge in [0.1, 0.15) is 12.4 Å². The van der Waals surface area contributed by atoms with Crippen LogP contribution in [0.15, 0.2) is 78.9 Å². The molecule has 6 rings (SSSR count). The molecular weight excluding hydrogens is 446 g/mol. The van der Waals surface area contributed by atoms with Gasteiger partial charge < -0.3 is 9.47 Å². The number of rotatable bonds is 7. The minimum atomic E-state index is -0.181. The maximum atomic E-state index is 13.3. The lowest BCUT2D eigenvalue weighted by molar-refractivity contribution is 0.0866. The van der Waals surface area contributed by atoms with Crippen LogP contribution in [0.3, 0.4) is 0 Å². The van der Waals surface area contributed by atoms with Crippen molar-refractivity contribution in [3.63, 3.8) is 0 Å². The summed E-state index contributed by atoms with van der Waals surface area (Å²) < 4.78 is 11.8. The molecule has 1 fully saturated rings. The molecule has 2 aliphatic heterocycles. The first-order chi connectivity index (χ1) is 17.7. The smallest absolute Gasteiger partial charge is 0.410 e. The molecule has 0 radical (unpaired) electrons. The maximum Gasteiger partial charge on any atom is 0.410 e. The highest BCUT2D eigenvalue weighted by atomic mass is 16.6. The van der Waals surface area contributed by atoms with Crippen molar-refractivity contribution < 1.29 is 14.3 Å². The molecule has 2 heterocycles. The SMILES string of the molecule is CCCCOc1ccc(C2=CC3CCC(C2)N3C(=O)OCC2c3ccccc3-c3ccccc32)cc1. The van der Waals surface area contributed by atoms with Gasteiger partial charge in [-0.05, 0) is 71.2 Å².